The van der Waals surface area contributed by atoms with Crippen molar-refractivity contribution in [2.45, 2.75) is 51.9 Å². The van der Waals surface area contributed by atoms with Crippen LogP contribution in [0.3, 0.4) is 0 Å². The van der Waals surface area contributed by atoms with Crippen LogP contribution < -0.4 is 10.1 Å². The molecule has 1 saturated carbocycles. The van der Waals surface area contributed by atoms with Crippen LogP contribution in [0.2, 0.25) is 0 Å². The Morgan fingerprint density at radius 2 is 2.00 bits per heavy atom. The summed E-state index contributed by atoms with van der Waals surface area (Å²) in [5.74, 6) is 2.62. The van der Waals surface area contributed by atoms with E-state index >= 15 is 0 Å². The van der Waals surface area contributed by atoms with Crippen LogP contribution in [0.5, 0.6) is 5.75 Å². The van der Waals surface area contributed by atoms with Crippen LogP contribution in [0.25, 0.3) is 11.3 Å². The zero-order chi connectivity index (χ0) is 22.7. The van der Waals surface area contributed by atoms with E-state index in [0.717, 1.165) is 71.8 Å². The maximum atomic E-state index is 12.4. The van der Waals surface area contributed by atoms with Gasteiger partial charge in [0.1, 0.15) is 5.75 Å². The Kier molecular flexibility index (Phi) is 6.63. The fraction of sp³-hybridized carbons (Fsp3) is 0.480. The summed E-state index contributed by atoms with van der Waals surface area (Å²) >= 11 is 0. The van der Waals surface area contributed by atoms with Gasteiger partial charge in [0.05, 0.1) is 30.5 Å². The number of nitrogens with one attached hydrogen (secondary N) is 1. The number of amides is 1. The minimum absolute atomic E-state index is 0.0735. The Morgan fingerprint density at radius 3 is 2.66 bits per heavy atom. The summed E-state index contributed by atoms with van der Waals surface area (Å²) in [4.78, 5) is 12.4. The van der Waals surface area contributed by atoms with Crippen molar-refractivity contribution in [3.8, 4) is 17.1 Å². The van der Waals surface area contributed by atoms with Crippen LogP contribution in [0.15, 0.2) is 35.0 Å². The van der Waals surface area contributed by atoms with Crippen LogP contribution >= 0.6 is 0 Å². The molecule has 0 bridgehead atoms. The molecule has 170 valence electrons. The summed E-state index contributed by atoms with van der Waals surface area (Å²) in [7, 11) is 3.61. The smallest absolute Gasteiger partial charge is 0.224 e. The minimum atomic E-state index is 0.0735. The highest BCUT2D eigenvalue weighted by atomic mass is 16.5. The molecule has 0 aliphatic heterocycles. The number of methoxy groups -OCH3 is 1. The molecule has 3 aromatic rings. The molecule has 4 rings (SSSR count). The first-order valence-electron chi connectivity index (χ1n) is 11.3. The second-order valence-electron chi connectivity index (χ2n) is 8.94. The van der Waals surface area contributed by atoms with E-state index in [2.05, 4.69) is 10.5 Å². The third-order valence-corrected chi connectivity index (χ3v) is 6.40. The number of carbonyl (C=O) groups is 1. The first-order valence-corrected chi connectivity index (χ1v) is 11.3. The highest BCUT2D eigenvalue weighted by Gasteiger charge is 2.28. The number of nitrogens with zero attached hydrogens (tertiary/aromatic N) is 3. The number of ether oxygens (including phenoxy) is 1. The standard InChI is InChI=1S/C25H32N4O3/c1-16-11-19(7-10-22(16)31-4)13-24(30)26-14-18-5-8-20(9-6-18)25-21(15-29(3)27-25)23-12-17(2)28-32-23/h7,10-12,15,18,20H,5-6,8-9,13-14H2,1-4H3,(H,26,30). The number of aryl methyl sites for hydroxylation is 3. The van der Waals surface area contributed by atoms with Crippen molar-refractivity contribution in [3.05, 3.63) is 53.0 Å². The van der Waals surface area contributed by atoms with Gasteiger partial charge in [0.25, 0.3) is 0 Å². The van der Waals surface area contributed by atoms with E-state index < -0.39 is 0 Å². The Labute approximate surface area is 189 Å². The van der Waals surface area contributed by atoms with E-state index in [9.17, 15) is 4.79 Å². The quantitative estimate of drug-likeness (QED) is 0.596. The minimum Gasteiger partial charge on any atom is -0.496 e. The number of benzene rings is 1. The molecule has 1 aliphatic rings. The first kappa shape index (κ1) is 22.1. The topological polar surface area (TPSA) is 82.2 Å². The molecule has 7 nitrogen and oxygen atoms in total. The zero-order valence-corrected chi connectivity index (χ0v) is 19.4. The van der Waals surface area contributed by atoms with Crippen molar-refractivity contribution in [2.24, 2.45) is 13.0 Å². The molecule has 0 radical (unpaired) electrons. The number of carbonyl (C=O) groups excluding carboxylic acids is 1. The van der Waals surface area contributed by atoms with Crippen molar-refractivity contribution < 1.29 is 14.1 Å². The SMILES string of the molecule is COc1ccc(CC(=O)NCC2CCC(c3nn(C)cc3-c3cc(C)no3)CC2)cc1C. The van der Waals surface area contributed by atoms with E-state index in [1.807, 2.05) is 56.0 Å². The van der Waals surface area contributed by atoms with Gasteiger partial charge in [-0.05, 0) is 62.6 Å². The Morgan fingerprint density at radius 1 is 1.22 bits per heavy atom. The molecular formula is C25H32N4O3. The van der Waals surface area contributed by atoms with E-state index in [1.165, 1.54) is 0 Å². The molecule has 2 aromatic heterocycles. The van der Waals surface area contributed by atoms with Crippen LogP contribution in [-0.2, 0) is 18.3 Å². The molecule has 7 heteroatoms. The third kappa shape index (κ3) is 5.03. The van der Waals surface area contributed by atoms with Gasteiger partial charge in [0, 0.05) is 31.8 Å². The average Bonchev–Trinajstić information content (AvgIpc) is 3.38. The van der Waals surface area contributed by atoms with E-state index in [1.54, 1.807) is 7.11 Å². The van der Waals surface area contributed by atoms with Gasteiger partial charge in [-0.1, -0.05) is 17.3 Å². The van der Waals surface area contributed by atoms with Gasteiger partial charge in [-0.3, -0.25) is 9.48 Å². The molecular weight excluding hydrogens is 404 g/mol. The normalized spacial score (nSPS) is 18.5. The maximum Gasteiger partial charge on any atom is 0.224 e. The fourth-order valence-corrected chi connectivity index (χ4v) is 4.68. The number of hydrogen-bond acceptors (Lipinski definition) is 5. The van der Waals surface area contributed by atoms with Gasteiger partial charge < -0.3 is 14.6 Å². The van der Waals surface area contributed by atoms with E-state index in [4.69, 9.17) is 14.4 Å². The Bertz CT molecular complexity index is 1080. The van der Waals surface area contributed by atoms with Crippen molar-refractivity contribution in [2.75, 3.05) is 13.7 Å². The second kappa shape index (κ2) is 9.59. The summed E-state index contributed by atoms with van der Waals surface area (Å²) in [5, 5.41) is 11.9. The van der Waals surface area contributed by atoms with E-state index in [0.29, 0.717) is 18.3 Å². The van der Waals surface area contributed by atoms with Crippen molar-refractivity contribution in [1.82, 2.24) is 20.3 Å². The van der Waals surface area contributed by atoms with Gasteiger partial charge in [0.15, 0.2) is 5.76 Å². The molecule has 1 aromatic carbocycles. The summed E-state index contributed by atoms with van der Waals surface area (Å²) in [6.07, 6.45) is 6.71. The Hall–Kier alpha value is -3.09. The fourth-order valence-electron chi connectivity index (χ4n) is 4.68. The highest BCUT2D eigenvalue weighted by Crippen LogP contribution is 2.39. The largest absolute Gasteiger partial charge is 0.496 e. The lowest BCUT2D eigenvalue weighted by molar-refractivity contribution is -0.120. The summed E-state index contributed by atoms with van der Waals surface area (Å²) in [5.41, 5.74) is 5.07. The molecule has 0 spiro atoms. The van der Waals surface area contributed by atoms with Crippen LogP contribution in [-0.4, -0.2) is 34.5 Å². The summed E-state index contributed by atoms with van der Waals surface area (Å²) in [6, 6.07) is 7.86. The highest BCUT2D eigenvalue weighted by molar-refractivity contribution is 5.78. The lowest BCUT2D eigenvalue weighted by Crippen LogP contribution is -2.32. The van der Waals surface area contributed by atoms with Crippen LogP contribution in [0.1, 0.15) is 54.1 Å². The lowest BCUT2D eigenvalue weighted by atomic mass is 9.79. The maximum absolute atomic E-state index is 12.4. The molecule has 1 amide bonds. The van der Waals surface area contributed by atoms with Gasteiger partial charge >= 0.3 is 0 Å². The molecule has 0 saturated heterocycles. The van der Waals surface area contributed by atoms with Crippen LogP contribution in [0.4, 0.5) is 0 Å². The average molecular weight is 437 g/mol. The molecule has 0 unspecified atom stereocenters. The summed E-state index contributed by atoms with van der Waals surface area (Å²) < 4.78 is 12.6. The number of rotatable bonds is 7. The van der Waals surface area contributed by atoms with Gasteiger partial charge in [0.2, 0.25) is 5.91 Å². The van der Waals surface area contributed by atoms with Gasteiger partial charge in [-0.15, -0.1) is 0 Å². The van der Waals surface area contributed by atoms with Gasteiger partial charge in [-0.2, -0.15) is 5.10 Å². The molecule has 32 heavy (non-hydrogen) atoms. The van der Waals surface area contributed by atoms with Crippen molar-refractivity contribution in [1.29, 1.82) is 0 Å². The molecule has 0 atom stereocenters. The van der Waals surface area contributed by atoms with E-state index in [-0.39, 0.29) is 5.91 Å². The predicted molar refractivity (Wildman–Crippen MR) is 123 cm³/mol. The monoisotopic (exact) mass is 436 g/mol. The van der Waals surface area contributed by atoms with Crippen molar-refractivity contribution in [3.63, 3.8) is 0 Å². The number of aromatic nitrogens is 3. The Balaban J connectivity index is 1.28. The second-order valence-corrected chi connectivity index (χ2v) is 8.94. The van der Waals surface area contributed by atoms with Crippen LogP contribution in [0, 0.1) is 19.8 Å². The molecule has 1 N–H and O–H groups in total. The molecule has 1 fully saturated rings. The zero-order valence-electron chi connectivity index (χ0n) is 19.4. The third-order valence-electron chi connectivity index (χ3n) is 6.40. The predicted octanol–water partition coefficient (Wildman–Crippen LogP) is 4.33. The van der Waals surface area contributed by atoms with Gasteiger partial charge in [-0.25, -0.2) is 0 Å². The molecule has 1 aliphatic carbocycles. The van der Waals surface area contributed by atoms with Crippen molar-refractivity contribution >= 4 is 5.91 Å². The first-order chi connectivity index (χ1) is 15.4. The number of hydrogen-bond donors (Lipinski definition) is 1. The summed E-state index contributed by atoms with van der Waals surface area (Å²) in [6.45, 7) is 4.66. The lowest BCUT2D eigenvalue weighted by Gasteiger charge is -2.28. The molecule has 2 heterocycles.